The van der Waals surface area contributed by atoms with E-state index in [1.54, 1.807) is 0 Å². The lowest BCUT2D eigenvalue weighted by Gasteiger charge is -2.72. The third-order valence-electron chi connectivity index (χ3n) is 12.5. The number of esters is 1. The van der Waals surface area contributed by atoms with Crippen molar-refractivity contribution in [3.05, 3.63) is 0 Å². The Morgan fingerprint density at radius 1 is 1.00 bits per heavy atom. The van der Waals surface area contributed by atoms with Gasteiger partial charge in [-0.1, -0.05) is 27.7 Å². The van der Waals surface area contributed by atoms with Crippen molar-refractivity contribution in [1.82, 2.24) is 0 Å². The topological polar surface area (TPSA) is 83.5 Å². The highest BCUT2D eigenvalue weighted by Gasteiger charge is 2.80. The Bertz CT molecular complexity index is 931. The Morgan fingerprint density at radius 2 is 1.81 bits per heavy atom. The minimum Gasteiger partial charge on any atom is -0.463 e. The molecule has 1 unspecified atom stereocenters. The maximum Gasteiger partial charge on any atom is 0.302 e. The van der Waals surface area contributed by atoms with Crippen LogP contribution in [0.5, 0.6) is 0 Å². The maximum absolute atomic E-state index is 12.6. The molecule has 5 aliphatic heterocycles. The highest BCUT2D eigenvalue weighted by molar-refractivity contribution is 5.66. The van der Waals surface area contributed by atoms with E-state index in [2.05, 4.69) is 27.7 Å². The van der Waals surface area contributed by atoms with E-state index >= 15 is 0 Å². The summed E-state index contributed by atoms with van der Waals surface area (Å²) in [4.78, 5) is 11.6. The van der Waals surface area contributed by atoms with Crippen molar-refractivity contribution in [2.24, 2.45) is 46.3 Å². The van der Waals surface area contributed by atoms with Crippen LogP contribution in [0.15, 0.2) is 0 Å². The molecule has 5 heterocycles. The second-order valence-electron chi connectivity index (χ2n) is 14.0. The van der Waals surface area contributed by atoms with Crippen LogP contribution in [-0.2, 0) is 28.5 Å². The van der Waals surface area contributed by atoms with Crippen molar-refractivity contribution in [3.8, 4) is 0 Å². The Labute approximate surface area is 214 Å². The van der Waals surface area contributed by atoms with Gasteiger partial charge in [0.15, 0.2) is 17.9 Å². The average molecular weight is 505 g/mol. The lowest BCUT2D eigenvalue weighted by atomic mass is 9.41. The van der Waals surface area contributed by atoms with E-state index in [0.717, 1.165) is 58.0 Å². The van der Waals surface area contributed by atoms with Gasteiger partial charge in [0.25, 0.3) is 0 Å². The molecule has 1 spiro atoms. The Balaban J connectivity index is 1.20. The van der Waals surface area contributed by atoms with Gasteiger partial charge < -0.3 is 28.8 Å². The van der Waals surface area contributed by atoms with Crippen LogP contribution in [0.1, 0.15) is 86.0 Å². The first-order valence-electron chi connectivity index (χ1n) is 14.6. The first kappa shape index (κ1) is 24.3. The van der Waals surface area contributed by atoms with Crippen molar-refractivity contribution in [2.75, 3.05) is 6.61 Å². The fourth-order valence-electron chi connectivity index (χ4n) is 10.5. The summed E-state index contributed by atoms with van der Waals surface area (Å²) in [5.74, 6) is -0.242. The molecule has 7 nitrogen and oxygen atoms in total. The quantitative estimate of drug-likeness (QED) is 0.530. The molecule has 36 heavy (non-hydrogen) atoms. The lowest BCUT2D eigenvalue weighted by Crippen LogP contribution is -2.80. The highest BCUT2D eigenvalue weighted by Crippen LogP contribution is 2.73. The van der Waals surface area contributed by atoms with Gasteiger partial charge in [0.1, 0.15) is 12.2 Å². The summed E-state index contributed by atoms with van der Waals surface area (Å²) < 4.78 is 32.1. The summed E-state index contributed by atoms with van der Waals surface area (Å²) >= 11 is 0. The Hall–Kier alpha value is -0.730. The van der Waals surface area contributed by atoms with Crippen LogP contribution < -0.4 is 0 Å². The molecule has 0 aromatic carbocycles. The summed E-state index contributed by atoms with van der Waals surface area (Å²) in [5.41, 5.74) is -0.450. The number of carbonyl (C=O) groups excluding carboxylic acids is 1. The van der Waals surface area contributed by atoms with Crippen LogP contribution in [0.3, 0.4) is 0 Å². The summed E-state index contributed by atoms with van der Waals surface area (Å²) in [5, 5.41) is 12.6. The van der Waals surface area contributed by atoms with Gasteiger partial charge in [-0.15, -0.1) is 0 Å². The molecule has 8 aliphatic rings. The van der Waals surface area contributed by atoms with E-state index in [9.17, 15) is 9.90 Å². The van der Waals surface area contributed by atoms with Gasteiger partial charge in [-0.2, -0.15) is 0 Å². The Morgan fingerprint density at radius 3 is 2.53 bits per heavy atom. The fourth-order valence-corrected chi connectivity index (χ4v) is 10.5. The van der Waals surface area contributed by atoms with E-state index in [-0.39, 0.29) is 47.4 Å². The van der Waals surface area contributed by atoms with Gasteiger partial charge in [0, 0.05) is 31.1 Å². The van der Waals surface area contributed by atoms with Gasteiger partial charge in [-0.3, -0.25) is 4.79 Å². The first-order valence-corrected chi connectivity index (χ1v) is 14.6. The van der Waals surface area contributed by atoms with E-state index in [4.69, 9.17) is 23.7 Å². The van der Waals surface area contributed by atoms with Crippen molar-refractivity contribution in [1.29, 1.82) is 0 Å². The predicted octanol–water partition coefficient (Wildman–Crippen LogP) is 4.40. The van der Waals surface area contributed by atoms with E-state index in [1.807, 2.05) is 0 Å². The standard InChI is InChI=1S/C29H44O7/c1-15-8-11-28(32-14-15)16(2)23-24(35-28)25-34-22-13-21-20(29(31,36-25)27(22,23)5)7-6-18-12-19(33-17(3)30)9-10-26(18,21)4/h15-16,18-25,31H,6-14H2,1-5H3/t15-,16-,18?,19-,20+,21-,22-,23-,24+,25+,26-,27+,28+,29+/m0/s1. The average Bonchev–Trinajstić information content (AvgIpc) is 3.11. The van der Waals surface area contributed by atoms with Crippen LogP contribution in [0.2, 0.25) is 0 Å². The molecular weight excluding hydrogens is 460 g/mol. The molecule has 1 N–H and O–H groups in total. The van der Waals surface area contributed by atoms with Crippen LogP contribution in [0.25, 0.3) is 0 Å². The molecule has 0 aromatic rings. The summed E-state index contributed by atoms with van der Waals surface area (Å²) in [6, 6.07) is 0. The molecule has 8 rings (SSSR count). The molecule has 8 fully saturated rings. The van der Waals surface area contributed by atoms with Gasteiger partial charge in [-0.05, 0) is 68.1 Å². The fraction of sp³-hybridized carbons (Fsp3) is 0.966. The van der Waals surface area contributed by atoms with Crippen molar-refractivity contribution in [2.45, 2.75) is 122 Å². The lowest BCUT2D eigenvalue weighted by molar-refractivity contribution is -0.505. The molecule has 3 saturated carbocycles. The summed E-state index contributed by atoms with van der Waals surface area (Å²) in [7, 11) is 0. The zero-order chi connectivity index (χ0) is 25.3. The smallest absolute Gasteiger partial charge is 0.302 e. The minimum atomic E-state index is -1.23. The minimum absolute atomic E-state index is 0.0241. The van der Waals surface area contributed by atoms with Gasteiger partial charge in [-0.25, -0.2) is 0 Å². The molecule has 14 atom stereocenters. The molecule has 202 valence electrons. The maximum atomic E-state index is 12.6. The van der Waals surface area contributed by atoms with Crippen molar-refractivity contribution in [3.63, 3.8) is 0 Å². The van der Waals surface area contributed by atoms with Gasteiger partial charge in [0.05, 0.1) is 18.1 Å². The zero-order valence-electron chi connectivity index (χ0n) is 22.5. The van der Waals surface area contributed by atoms with Crippen molar-refractivity contribution >= 4 is 5.97 Å². The first-order chi connectivity index (χ1) is 17.0. The molecule has 0 aromatic heterocycles. The number of fused-ring (bicyclic) bond motifs is 3. The number of hydrogen-bond donors (Lipinski definition) is 1. The third kappa shape index (κ3) is 2.90. The van der Waals surface area contributed by atoms with Gasteiger partial charge >= 0.3 is 5.97 Å². The summed E-state index contributed by atoms with van der Waals surface area (Å²) in [6.45, 7) is 11.4. The molecule has 0 radical (unpaired) electrons. The molecule has 4 bridgehead atoms. The van der Waals surface area contributed by atoms with E-state index < -0.39 is 23.3 Å². The summed E-state index contributed by atoms with van der Waals surface area (Å²) in [6.07, 6.45) is 6.99. The van der Waals surface area contributed by atoms with Crippen LogP contribution in [-0.4, -0.2) is 53.9 Å². The van der Waals surface area contributed by atoms with Crippen LogP contribution >= 0.6 is 0 Å². The van der Waals surface area contributed by atoms with Gasteiger partial charge in [0.2, 0.25) is 0 Å². The Kier molecular flexibility index (Phi) is 5.19. The second kappa shape index (κ2) is 7.68. The largest absolute Gasteiger partial charge is 0.463 e. The third-order valence-corrected chi connectivity index (χ3v) is 12.5. The molecular formula is C29H44O7. The SMILES string of the molecule is CC(=O)O[C@H]1CC[C@@]2(C)C(CC[C@@H]3[C@@H]2C[C@@H]2O[C@@H]4O[C@@]3(O)[C@@]2(C)[C@@H]2[C@H]4O[C@]3(CC[C@H](C)CO3)[C@H]2C)C1. The second-order valence-corrected chi connectivity index (χ2v) is 14.0. The number of aliphatic hydroxyl groups is 1. The van der Waals surface area contributed by atoms with E-state index in [0.29, 0.717) is 17.8 Å². The molecule has 3 aliphatic carbocycles. The molecule has 0 amide bonds. The molecule has 7 heteroatoms. The van der Waals surface area contributed by atoms with Crippen molar-refractivity contribution < 1.29 is 33.6 Å². The number of hydrogen-bond acceptors (Lipinski definition) is 7. The molecule has 5 saturated heterocycles. The number of rotatable bonds is 1. The predicted molar refractivity (Wildman–Crippen MR) is 129 cm³/mol. The normalized spacial score (nSPS) is 61.3. The van der Waals surface area contributed by atoms with Crippen LogP contribution in [0, 0.1) is 46.3 Å². The highest BCUT2D eigenvalue weighted by atomic mass is 16.8. The number of ether oxygens (including phenoxy) is 5. The van der Waals surface area contributed by atoms with E-state index in [1.165, 1.54) is 6.92 Å². The monoisotopic (exact) mass is 504 g/mol. The number of carbonyl (C=O) groups is 1. The zero-order valence-corrected chi connectivity index (χ0v) is 22.5. The van der Waals surface area contributed by atoms with Crippen LogP contribution in [0.4, 0.5) is 0 Å².